The molecule has 0 N–H and O–H groups in total. The largest absolute Gasteiger partial charge is 0.0616 e. The molecular weight excluding hydrogens is 625 g/mol. The van der Waals surface area contributed by atoms with Crippen LogP contribution < -0.4 is 0 Å². The molecule has 0 amide bonds. The quantitative estimate of drug-likeness (QED) is 0.173. The molecule has 0 spiro atoms. The molecule has 0 saturated carbocycles. The van der Waals surface area contributed by atoms with Crippen LogP contribution in [0.25, 0.3) is 98.7 Å². The van der Waals surface area contributed by atoms with Crippen molar-refractivity contribution in [3.8, 4) is 55.6 Å². The van der Waals surface area contributed by atoms with Crippen molar-refractivity contribution < 1.29 is 0 Å². The molecule has 0 unspecified atom stereocenters. The lowest BCUT2D eigenvalue weighted by Gasteiger charge is -2.11. The van der Waals surface area contributed by atoms with Gasteiger partial charge < -0.3 is 0 Å². The molecule has 242 valence electrons. The highest BCUT2D eigenvalue weighted by molar-refractivity contribution is 5.99. The zero-order chi connectivity index (χ0) is 34.4. The minimum atomic E-state index is 1.23. The predicted octanol–water partition coefficient (Wildman–Crippen LogP) is 14.6. The van der Waals surface area contributed by atoms with Crippen molar-refractivity contribution in [1.82, 2.24) is 0 Å². The Labute approximate surface area is 303 Å². The Morgan fingerprint density at radius 3 is 0.885 bits per heavy atom. The van der Waals surface area contributed by atoms with E-state index in [4.69, 9.17) is 0 Å². The number of hydrogen-bond acceptors (Lipinski definition) is 0. The SMILES string of the molecule is c1cc(-c2ccc3cc(-c4ccc5cc(-c6cccc(-c7cccc8ccccc78)c6)ccc5c4)ccc3c2)cc(-c2cccc3ccccc23)c1. The second-order valence-electron chi connectivity index (χ2n) is 13.8. The summed E-state index contributed by atoms with van der Waals surface area (Å²) < 4.78 is 0. The van der Waals surface area contributed by atoms with Gasteiger partial charge in [-0.15, -0.1) is 0 Å². The highest BCUT2D eigenvalue weighted by atomic mass is 14.1. The predicted molar refractivity (Wildman–Crippen MR) is 224 cm³/mol. The van der Waals surface area contributed by atoms with Crippen LogP contribution in [0.15, 0.2) is 206 Å². The molecule has 52 heavy (non-hydrogen) atoms. The van der Waals surface area contributed by atoms with Gasteiger partial charge in [0.1, 0.15) is 0 Å². The van der Waals surface area contributed by atoms with E-state index in [2.05, 4.69) is 206 Å². The molecule has 0 heteroatoms. The number of fused-ring (bicyclic) bond motifs is 4. The van der Waals surface area contributed by atoms with Gasteiger partial charge in [-0.2, -0.15) is 0 Å². The number of rotatable bonds is 5. The molecule has 0 aromatic heterocycles. The average Bonchev–Trinajstić information content (AvgIpc) is 3.22. The maximum absolute atomic E-state index is 2.32. The van der Waals surface area contributed by atoms with Crippen LogP contribution >= 0.6 is 0 Å². The fourth-order valence-electron chi connectivity index (χ4n) is 7.90. The summed E-state index contributed by atoms with van der Waals surface area (Å²) in [5, 5.41) is 10.1. The highest BCUT2D eigenvalue weighted by Gasteiger charge is 2.10. The van der Waals surface area contributed by atoms with E-state index in [1.54, 1.807) is 0 Å². The molecule has 10 aromatic carbocycles. The molecule has 0 aliphatic carbocycles. The fraction of sp³-hybridized carbons (Fsp3) is 0. The van der Waals surface area contributed by atoms with Crippen molar-refractivity contribution in [3.05, 3.63) is 206 Å². The molecule has 0 fully saturated rings. The molecular formula is C52H34. The number of benzene rings is 10. The standard InChI is InChI=1S/C52H34/c1-3-17-49-35(9-1)11-7-19-51(49)47-15-5-13-37(33-47)39-21-23-43-31-45(27-25-41(43)29-39)46-28-26-42-30-40(22-24-44(42)32-46)38-14-6-16-48(34-38)52-20-8-12-36-10-2-4-18-50(36)52/h1-34H. The molecule has 0 saturated heterocycles. The summed E-state index contributed by atoms with van der Waals surface area (Å²) in [6, 6.07) is 75.6. The third-order valence-corrected chi connectivity index (χ3v) is 10.6. The van der Waals surface area contributed by atoms with Gasteiger partial charge >= 0.3 is 0 Å². The second kappa shape index (κ2) is 12.5. The van der Waals surface area contributed by atoms with Gasteiger partial charge in [0, 0.05) is 0 Å². The Kier molecular flexibility index (Phi) is 7.25. The third kappa shape index (κ3) is 5.43. The summed E-state index contributed by atoms with van der Waals surface area (Å²) in [4.78, 5) is 0. The van der Waals surface area contributed by atoms with E-state index >= 15 is 0 Å². The van der Waals surface area contributed by atoms with Crippen LogP contribution in [0.5, 0.6) is 0 Å². The highest BCUT2D eigenvalue weighted by Crippen LogP contribution is 2.36. The molecule has 0 bridgehead atoms. The first-order valence-corrected chi connectivity index (χ1v) is 18.0. The van der Waals surface area contributed by atoms with Crippen LogP contribution in [0.1, 0.15) is 0 Å². The van der Waals surface area contributed by atoms with Crippen LogP contribution in [-0.2, 0) is 0 Å². The van der Waals surface area contributed by atoms with Gasteiger partial charge in [0.25, 0.3) is 0 Å². The smallest absolute Gasteiger partial charge is 0.0105 e. The topological polar surface area (TPSA) is 0 Å². The first kappa shape index (κ1) is 30.1. The molecule has 0 aliphatic rings. The molecule has 0 heterocycles. The van der Waals surface area contributed by atoms with Crippen LogP contribution in [0.2, 0.25) is 0 Å². The van der Waals surface area contributed by atoms with Gasteiger partial charge in [-0.25, -0.2) is 0 Å². The van der Waals surface area contributed by atoms with Crippen molar-refractivity contribution in [2.24, 2.45) is 0 Å². The molecule has 10 aromatic rings. The van der Waals surface area contributed by atoms with Crippen molar-refractivity contribution in [3.63, 3.8) is 0 Å². The van der Waals surface area contributed by atoms with Gasteiger partial charge in [-0.05, 0) is 135 Å². The Bertz CT molecular complexity index is 2750. The minimum Gasteiger partial charge on any atom is -0.0616 e. The summed E-state index contributed by atoms with van der Waals surface area (Å²) in [6.07, 6.45) is 0. The summed E-state index contributed by atoms with van der Waals surface area (Å²) >= 11 is 0. The van der Waals surface area contributed by atoms with Crippen molar-refractivity contribution in [1.29, 1.82) is 0 Å². The van der Waals surface area contributed by atoms with E-state index in [1.165, 1.54) is 98.7 Å². The van der Waals surface area contributed by atoms with Crippen molar-refractivity contribution in [2.75, 3.05) is 0 Å². The van der Waals surface area contributed by atoms with Gasteiger partial charge in [-0.3, -0.25) is 0 Å². The first-order valence-electron chi connectivity index (χ1n) is 18.0. The van der Waals surface area contributed by atoms with Gasteiger partial charge in [-0.1, -0.05) is 170 Å². The van der Waals surface area contributed by atoms with Gasteiger partial charge in [0.2, 0.25) is 0 Å². The summed E-state index contributed by atoms with van der Waals surface area (Å²) in [6.45, 7) is 0. The van der Waals surface area contributed by atoms with E-state index in [9.17, 15) is 0 Å². The molecule has 0 radical (unpaired) electrons. The summed E-state index contributed by atoms with van der Waals surface area (Å²) in [7, 11) is 0. The zero-order valence-electron chi connectivity index (χ0n) is 28.6. The Hall–Kier alpha value is -6.76. The Balaban J connectivity index is 0.936. The van der Waals surface area contributed by atoms with Crippen molar-refractivity contribution >= 4 is 43.1 Å². The lowest BCUT2D eigenvalue weighted by molar-refractivity contribution is 1.61. The van der Waals surface area contributed by atoms with E-state index in [0.717, 1.165) is 0 Å². The van der Waals surface area contributed by atoms with E-state index in [0.29, 0.717) is 0 Å². The molecule has 0 aliphatic heterocycles. The van der Waals surface area contributed by atoms with E-state index in [1.807, 2.05) is 0 Å². The molecule has 0 nitrogen and oxygen atoms in total. The van der Waals surface area contributed by atoms with Crippen LogP contribution in [-0.4, -0.2) is 0 Å². The molecule has 10 rings (SSSR count). The van der Waals surface area contributed by atoms with Crippen LogP contribution in [0, 0.1) is 0 Å². The van der Waals surface area contributed by atoms with Crippen LogP contribution in [0.4, 0.5) is 0 Å². The van der Waals surface area contributed by atoms with Gasteiger partial charge in [0.05, 0.1) is 0 Å². The van der Waals surface area contributed by atoms with Crippen molar-refractivity contribution in [2.45, 2.75) is 0 Å². The maximum Gasteiger partial charge on any atom is -0.0105 e. The Morgan fingerprint density at radius 2 is 0.481 bits per heavy atom. The minimum absolute atomic E-state index is 1.23. The third-order valence-electron chi connectivity index (χ3n) is 10.6. The summed E-state index contributed by atoms with van der Waals surface area (Å²) in [5.41, 5.74) is 12.4. The van der Waals surface area contributed by atoms with E-state index in [-0.39, 0.29) is 0 Å². The summed E-state index contributed by atoms with van der Waals surface area (Å²) in [5.74, 6) is 0. The zero-order valence-corrected chi connectivity index (χ0v) is 28.6. The maximum atomic E-state index is 2.32. The Morgan fingerprint density at radius 1 is 0.173 bits per heavy atom. The second-order valence-corrected chi connectivity index (χ2v) is 13.8. The van der Waals surface area contributed by atoms with E-state index < -0.39 is 0 Å². The van der Waals surface area contributed by atoms with Crippen LogP contribution in [0.3, 0.4) is 0 Å². The normalized spacial score (nSPS) is 11.5. The van der Waals surface area contributed by atoms with Gasteiger partial charge in [0.15, 0.2) is 0 Å². The first-order chi connectivity index (χ1) is 25.7. The lowest BCUT2D eigenvalue weighted by atomic mass is 9.93. The monoisotopic (exact) mass is 658 g/mol. The lowest BCUT2D eigenvalue weighted by Crippen LogP contribution is -1.85. The fourth-order valence-corrected chi connectivity index (χ4v) is 7.90. The number of hydrogen-bond donors (Lipinski definition) is 0. The average molecular weight is 659 g/mol. The molecule has 0 atom stereocenters.